The van der Waals surface area contributed by atoms with Gasteiger partial charge in [-0.1, -0.05) is 36.4 Å². The second-order valence-corrected chi connectivity index (χ2v) is 8.70. The van der Waals surface area contributed by atoms with Gasteiger partial charge in [0.2, 0.25) is 11.1 Å². The Morgan fingerprint density at radius 3 is 2.43 bits per heavy atom. The molecule has 1 saturated heterocycles. The van der Waals surface area contributed by atoms with Gasteiger partial charge in [-0.3, -0.25) is 4.79 Å². The molecule has 1 aliphatic heterocycles. The highest BCUT2D eigenvalue weighted by molar-refractivity contribution is 7.99. The molecule has 156 valence electrons. The molecule has 8 heteroatoms. The summed E-state index contributed by atoms with van der Waals surface area (Å²) >= 11 is 1.31. The van der Waals surface area contributed by atoms with Gasteiger partial charge in [0, 0.05) is 24.5 Å². The number of aryl methyl sites for hydroxylation is 1. The van der Waals surface area contributed by atoms with E-state index < -0.39 is 0 Å². The number of rotatable bonds is 6. The first kappa shape index (κ1) is 20.4. The Hall–Kier alpha value is -2.87. The fourth-order valence-corrected chi connectivity index (χ4v) is 4.16. The lowest BCUT2D eigenvalue weighted by atomic mass is 9.99. The Labute approximate surface area is 180 Å². The summed E-state index contributed by atoms with van der Waals surface area (Å²) in [6.45, 7) is 6.54. The van der Waals surface area contributed by atoms with Gasteiger partial charge >= 0.3 is 0 Å². The van der Waals surface area contributed by atoms with Gasteiger partial charge in [0.15, 0.2) is 0 Å². The first-order valence-corrected chi connectivity index (χ1v) is 11.2. The molecule has 7 nitrogen and oxygen atoms in total. The number of thioether (sulfide) groups is 1. The van der Waals surface area contributed by atoms with Gasteiger partial charge in [-0.15, -0.1) is 5.10 Å². The monoisotopic (exact) mass is 422 g/mol. The molecule has 0 radical (unpaired) electrons. The molecule has 3 aromatic rings. The van der Waals surface area contributed by atoms with Crippen LogP contribution in [-0.4, -0.2) is 45.0 Å². The second-order valence-electron chi connectivity index (χ2n) is 7.76. The van der Waals surface area contributed by atoms with E-state index in [1.54, 1.807) is 4.68 Å². The summed E-state index contributed by atoms with van der Waals surface area (Å²) in [5.74, 6) is 0.958. The SMILES string of the molecule is Cc1ccc(-n2nnnc2SCC(=O)Nc2ccc(N3CCC(C)CC3)cc2)cc1. The van der Waals surface area contributed by atoms with Crippen molar-refractivity contribution in [2.24, 2.45) is 5.92 Å². The molecular formula is C22H26N6OS. The fraction of sp³-hybridized carbons (Fsp3) is 0.364. The molecule has 2 heterocycles. The lowest BCUT2D eigenvalue weighted by Crippen LogP contribution is -2.32. The molecule has 0 saturated carbocycles. The molecule has 0 unspecified atom stereocenters. The van der Waals surface area contributed by atoms with E-state index in [9.17, 15) is 4.79 Å². The molecule has 4 rings (SSSR count). The maximum Gasteiger partial charge on any atom is 0.234 e. The minimum atomic E-state index is -0.0852. The summed E-state index contributed by atoms with van der Waals surface area (Å²) in [5, 5.41) is 15.4. The molecule has 1 N–H and O–H groups in total. The zero-order valence-corrected chi connectivity index (χ0v) is 18.1. The normalized spacial score (nSPS) is 14.7. The number of nitrogens with zero attached hydrogens (tertiary/aromatic N) is 5. The van der Waals surface area contributed by atoms with Crippen molar-refractivity contribution >= 4 is 29.0 Å². The van der Waals surface area contributed by atoms with Crippen LogP contribution < -0.4 is 10.2 Å². The minimum absolute atomic E-state index is 0.0852. The third-order valence-electron chi connectivity index (χ3n) is 5.35. The molecule has 0 aliphatic carbocycles. The lowest BCUT2D eigenvalue weighted by molar-refractivity contribution is -0.113. The molecule has 0 atom stereocenters. The van der Waals surface area contributed by atoms with Gasteiger partial charge in [-0.05, 0) is 72.5 Å². The number of aromatic nitrogens is 4. The van der Waals surface area contributed by atoms with Crippen molar-refractivity contribution in [1.82, 2.24) is 20.2 Å². The quantitative estimate of drug-likeness (QED) is 0.607. The Balaban J connectivity index is 1.31. The molecule has 2 aromatic carbocycles. The van der Waals surface area contributed by atoms with Crippen LogP contribution in [0, 0.1) is 12.8 Å². The van der Waals surface area contributed by atoms with E-state index >= 15 is 0 Å². The number of amides is 1. The zero-order valence-electron chi connectivity index (χ0n) is 17.3. The van der Waals surface area contributed by atoms with Crippen LogP contribution in [0.4, 0.5) is 11.4 Å². The third-order valence-corrected chi connectivity index (χ3v) is 6.27. The van der Waals surface area contributed by atoms with Crippen LogP contribution in [0.2, 0.25) is 0 Å². The maximum absolute atomic E-state index is 12.4. The van der Waals surface area contributed by atoms with E-state index in [4.69, 9.17) is 0 Å². The van der Waals surface area contributed by atoms with Crippen LogP contribution >= 0.6 is 11.8 Å². The van der Waals surface area contributed by atoms with Gasteiger partial charge in [0.1, 0.15) is 0 Å². The topological polar surface area (TPSA) is 75.9 Å². The molecule has 1 aliphatic rings. The van der Waals surface area contributed by atoms with Gasteiger partial charge in [0.25, 0.3) is 0 Å². The number of anilines is 2. The van der Waals surface area contributed by atoms with E-state index in [-0.39, 0.29) is 11.7 Å². The van der Waals surface area contributed by atoms with Gasteiger partial charge in [-0.2, -0.15) is 4.68 Å². The van der Waals surface area contributed by atoms with Gasteiger partial charge < -0.3 is 10.2 Å². The van der Waals surface area contributed by atoms with Gasteiger partial charge in [0.05, 0.1) is 11.4 Å². The summed E-state index contributed by atoms with van der Waals surface area (Å²) in [7, 11) is 0. The summed E-state index contributed by atoms with van der Waals surface area (Å²) < 4.78 is 1.64. The first-order valence-electron chi connectivity index (χ1n) is 10.2. The molecule has 0 spiro atoms. The maximum atomic E-state index is 12.4. The number of nitrogens with one attached hydrogen (secondary N) is 1. The number of hydrogen-bond acceptors (Lipinski definition) is 6. The molecule has 1 fully saturated rings. The van der Waals surface area contributed by atoms with Crippen LogP contribution in [0.5, 0.6) is 0 Å². The predicted molar refractivity (Wildman–Crippen MR) is 120 cm³/mol. The van der Waals surface area contributed by atoms with Crippen LogP contribution in [0.15, 0.2) is 53.7 Å². The van der Waals surface area contributed by atoms with Gasteiger partial charge in [-0.25, -0.2) is 0 Å². The Morgan fingerprint density at radius 1 is 1.07 bits per heavy atom. The fourth-order valence-electron chi connectivity index (χ4n) is 3.47. The highest BCUT2D eigenvalue weighted by Crippen LogP contribution is 2.24. The number of carbonyl (C=O) groups is 1. The average Bonchev–Trinajstić information content (AvgIpc) is 3.23. The summed E-state index contributed by atoms with van der Waals surface area (Å²) in [6.07, 6.45) is 2.47. The Kier molecular flexibility index (Phi) is 6.32. The number of hydrogen-bond donors (Lipinski definition) is 1. The first-order chi connectivity index (χ1) is 14.6. The Bertz CT molecular complexity index is 978. The van der Waals surface area contributed by atoms with Crippen molar-refractivity contribution in [2.75, 3.05) is 29.1 Å². The summed E-state index contributed by atoms with van der Waals surface area (Å²) in [4.78, 5) is 14.8. The second kappa shape index (κ2) is 9.30. The van der Waals surface area contributed by atoms with E-state index in [1.807, 2.05) is 43.3 Å². The summed E-state index contributed by atoms with van der Waals surface area (Å²) in [5.41, 5.74) is 4.05. The zero-order chi connectivity index (χ0) is 20.9. The van der Waals surface area contributed by atoms with Crippen LogP contribution in [0.1, 0.15) is 25.3 Å². The minimum Gasteiger partial charge on any atom is -0.372 e. The smallest absolute Gasteiger partial charge is 0.234 e. The molecular weight excluding hydrogens is 396 g/mol. The number of carbonyl (C=O) groups excluding carboxylic acids is 1. The standard InChI is InChI=1S/C22H26N6OS/c1-16-3-7-20(8-4-16)28-22(24-25-26-28)30-15-21(29)23-18-5-9-19(10-6-18)27-13-11-17(2)12-14-27/h3-10,17H,11-15H2,1-2H3,(H,23,29). The highest BCUT2D eigenvalue weighted by Gasteiger charge is 2.16. The van der Waals surface area contributed by atoms with E-state index in [0.717, 1.165) is 30.4 Å². The van der Waals surface area contributed by atoms with Crippen molar-refractivity contribution in [3.8, 4) is 5.69 Å². The summed E-state index contributed by atoms with van der Waals surface area (Å²) in [6, 6.07) is 16.0. The third kappa shape index (κ3) is 4.99. The largest absolute Gasteiger partial charge is 0.372 e. The van der Waals surface area contributed by atoms with E-state index in [1.165, 1.54) is 35.9 Å². The number of piperidine rings is 1. The molecule has 0 bridgehead atoms. The molecule has 1 aromatic heterocycles. The van der Waals surface area contributed by atoms with Crippen molar-refractivity contribution in [1.29, 1.82) is 0 Å². The van der Waals surface area contributed by atoms with Crippen molar-refractivity contribution < 1.29 is 4.79 Å². The lowest BCUT2D eigenvalue weighted by Gasteiger charge is -2.32. The van der Waals surface area contributed by atoms with Crippen LogP contribution in [0.3, 0.4) is 0 Å². The Morgan fingerprint density at radius 2 is 1.73 bits per heavy atom. The number of benzene rings is 2. The molecule has 1 amide bonds. The van der Waals surface area contributed by atoms with Crippen LogP contribution in [0.25, 0.3) is 5.69 Å². The predicted octanol–water partition coefficient (Wildman–Crippen LogP) is 3.94. The van der Waals surface area contributed by atoms with Crippen LogP contribution in [-0.2, 0) is 4.79 Å². The number of tetrazole rings is 1. The average molecular weight is 423 g/mol. The van der Waals surface area contributed by atoms with Crippen molar-refractivity contribution in [3.05, 3.63) is 54.1 Å². The highest BCUT2D eigenvalue weighted by atomic mass is 32.2. The van der Waals surface area contributed by atoms with E-state index in [0.29, 0.717) is 5.16 Å². The van der Waals surface area contributed by atoms with Crippen molar-refractivity contribution in [3.63, 3.8) is 0 Å². The van der Waals surface area contributed by atoms with E-state index in [2.05, 4.69) is 44.8 Å². The van der Waals surface area contributed by atoms with Crippen molar-refractivity contribution in [2.45, 2.75) is 31.8 Å². The molecule has 30 heavy (non-hydrogen) atoms.